The molecular formula is C10H13ClN2O5. The maximum Gasteiger partial charge on any atom is 0.222 e. The van der Waals surface area contributed by atoms with Gasteiger partial charge >= 0.3 is 0 Å². The van der Waals surface area contributed by atoms with E-state index in [1.54, 1.807) is 11.1 Å². The molecule has 0 aromatic carbocycles. The Kier molecular flexibility index (Phi) is 5.00. The van der Waals surface area contributed by atoms with Gasteiger partial charge in [0, 0.05) is 25.9 Å². The van der Waals surface area contributed by atoms with E-state index >= 15 is 0 Å². The molecule has 0 spiro atoms. The summed E-state index contributed by atoms with van der Waals surface area (Å²) in [5, 5.41) is 0. The molecule has 2 heterocycles. The second-order valence-electron chi connectivity index (χ2n) is 3.74. The Morgan fingerprint density at radius 3 is 2.50 bits per heavy atom. The quantitative estimate of drug-likeness (QED) is 0.593. The maximum atomic E-state index is 11.3. The summed E-state index contributed by atoms with van der Waals surface area (Å²) in [6, 6.07) is 4.17. The van der Waals surface area contributed by atoms with E-state index < -0.39 is 10.2 Å². The van der Waals surface area contributed by atoms with Gasteiger partial charge in [-0.2, -0.15) is 14.0 Å². The van der Waals surface area contributed by atoms with Crippen LogP contribution in [-0.2, 0) is 4.79 Å². The van der Waals surface area contributed by atoms with Crippen molar-refractivity contribution in [2.24, 2.45) is 0 Å². The molecule has 1 amide bonds. The topological polar surface area (TPSA) is 123 Å². The van der Waals surface area contributed by atoms with E-state index in [0.717, 1.165) is 12.0 Å². The molecule has 0 aliphatic carbocycles. The fourth-order valence-corrected chi connectivity index (χ4v) is 1.77. The second-order valence-corrected chi connectivity index (χ2v) is 4.53. The molecule has 18 heavy (non-hydrogen) atoms. The zero-order valence-corrected chi connectivity index (χ0v) is 10.4. The number of hydrogen-bond acceptors (Lipinski definition) is 6. The first-order chi connectivity index (χ1) is 8.29. The SMILES string of the molecule is CN1C(=O)CCC1c1cccnc1.[O-][Cl+3]([O-])([O-])O. The number of likely N-dealkylation sites (tertiary alicyclic amines) is 1. The van der Waals surface area contributed by atoms with E-state index in [1.807, 2.05) is 25.4 Å². The fraction of sp³-hybridized carbons (Fsp3) is 0.400. The summed E-state index contributed by atoms with van der Waals surface area (Å²) >= 11 is 0. The summed E-state index contributed by atoms with van der Waals surface area (Å²) < 4.78 is 32.7. The van der Waals surface area contributed by atoms with Crippen LogP contribution in [0.4, 0.5) is 0 Å². The average molecular weight is 277 g/mol. The van der Waals surface area contributed by atoms with Crippen LogP contribution in [0.5, 0.6) is 0 Å². The average Bonchev–Trinajstić information content (AvgIpc) is 2.59. The first-order valence-electron chi connectivity index (χ1n) is 5.08. The van der Waals surface area contributed by atoms with Crippen LogP contribution in [0.2, 0.25) is 0 Å². The van der Waals surface area contributed by atoms with Crippen molar-refractivity contribution < 1.29 is 33.7 Å². The Balaban J connectivity index is 0.000000280. The highest BCUT2D eigenvalue weighted by molar-refractivity contribution is 5.78. The van der Waals surface area contributed by atoms with E-state index in [2.05, 4.69) is 4.98 Å². The van der Waals surface area contributed by atoms with E-state index in [4.69, 9.17) is 18.6 Å². The third-order valence-electron chi connectivity index (χ3n) is 2.56. The lowest BCUT2D eigenvalue weighted by molar-refractivity contribution is -1.92. The minimum Gasteiger partial charge on any atom is -0.339 e. The van der Waals surface area contributed by atoms with Gasteiger partial charge in [0.1, 0.15) is 0 Å². The van der Waals surface area contributed by atoms with Gasteiger partial charge in [0.05, 0.1) is 20.9 Å². The van der Waals surface area contributed by atoms with Crippen molar-refractivity contribution >= 4 is 5.91 Å². The molecule has 0 saturated carbocycles. The van der Waals surface area contributed by atoms with Crippen LogP contribution in [0.15, 0.2) is 24.5 Å². The Bertz CT molecular complexity index is 389. The van der Waals surface area contributed by atoms with Crippen LogP contribution >= 0.6 is 0 Å². The molecule has 8 heteroatoms. The van der Waals surface area contributed by atoms with Crippen LogP contribution < -0.4 is 14.0 Å². The van der Waals surface area contributed by atoms with Crippen LogP contribution in [0.1, 0.15) is 24.4 Å². The number of carbonyl (C=O) groups is 1. The number of aromatic nitrogens is 1. The highest BCUT2D eigenvalue weighted by atomic mass is 35.7. The second kappa shape index (κ2) is 6.07. The first kappa shape index (κ1) is 14.8. The third kappa shape index (κ3) is 4.94. The Labute approximate surface area is 106 Å². The molecule has 1 saturated heterocycles. The van der Waals surface area contributed by atoms with Gasteiger partial charge in [-0.1, -0.05) is 6.07 Å². The molecule has 1 atom stereocenters. The molecule has 0 bridgehead atoms. The summed E-state index contributed by atoms with van der Waals surface area (Å²) in [7, 11) is -2.84. The van der Waals surface area contributed by atoms with E-state index in [0.29, 0.717) is 6.42 Å². The van der Waals surface area contributed by atoms with Gasteiger partial charge in [0.25, 0.3) is 0 Å². The smallest absolute Gasteiger partial charge is 0.222 e. The molecule has 1 aromatic heterocycles. The number of carbonyl (C=O) groups excluding carboxylic acids is 1. The van der Waals surface area contributed by atoms with Crippen LogP contribution in [-0.4, -0.2) is 27.5 Å². The predicted molar refractivity (Wildman–Crippen MR) is 51.2 cm³/mol. The number of amides is 1. The molecule has 7 nitrogen and oxygen atoms in total. The van der Waals surface area contributed by atoms with Crippen LogP contribution in [0, 0.1) is 10.2 Å². The zero-order chi connectivity index (χ0) is 13.8. The summed E-state index contributed by atoms with van der Waals surface area (Å²) in [4.78, 5) is 17.1. The molecule has 1 aliphatic heterocycles. The van der Waals surface area contributed by atoms with Crippen molar-refractivity contribution in [1.29, 1.82) is 0 Å². The molecule has 1 aromatic rings. The van der Waals surface area contributed by atoms with E-state index in [9.17, 15) is 4.79 Å². The van der Waals surface area contributed by atoms with Crippen molar-refractivity contribution in [1.82, 2.24) is 9.88 Å². The lowest BCUT2D eigenvalue weighted by Crippen LogP contribution is -2.58. The summed E-state index contributed by atoms with van der Waals surface area (Å²) in [5.41, 5.74) is 1.14. The zero-order valence-electron chi connectivity index (χ0n) is 9.65. The summed E-state index contributed by atoms with van der Waals surface area (Å²) in [6.45, 7) is 0. The standard InChI is InChI=1S/C10H12N2O.ClHO4/c1-12-9(4-5-10(12)13)8-3-2-6-11-7-8;2-1(3,4)5/h2-3,6-7,9H,4-5H2,1H3;(H,2,3,4,5). The van der Waals surface area contributed by atoms with Crippen LogP contribution in [0.25, 0.3) is 0 Å². The largest absolute Gasteiger partial charge is 0.339 e. The maximum absolute atomic E-state index is 11.3. The number of nitrogens with zero attached hydrogens (tertiary/aromatic N) is 2. The minimum atomic E-state index is -4.69. The van der Waals surface area contributed by atoms with Gasteiger partial charge in [-0.3, -0.25) is 9.78 Å². The van der Waals surface area contributed by atoms with Gasteiger partial charge in [-0.25, -0.2) is 0 Å². The normalized spacial score (nSPS) is 19.5. The van der Waals surface area contributed by atoms with Crippen molar-refractivity contribution in [2.75, 3.05) is 7.05 Å². The predicted octanol–water partition coefficient (Wildman–Crippen LogP) is -2.75. The highest BCUT2D eigenvalue weighted by Gasteiger charge is 2.28. The Morgan fingerprint density at radius 1 is 1.50 bits per heavy atom. The van der Waals surface area contributed by atoms with Gasteiger partial charge in [-0.15, -0.1) is 0 Å². The number of halogens is 1. The monoisotopic (exact) mass is 276 g/mol. The molecule has 2 rings (SSSR count). The van der Waals surface area contributed by atoms with Crippen LogP contribution in [0.3, 0.4) is 0 Å². The molecule has 1 unspecified atom stereocenters. The van der Waals surface area contributed by atoms with Crippen molar-refractivity contribution in [3.05, 3.63) is 30.1 Å². The molecule has 0 radical (unpaired) electrons. The van der Waals surface area contributed by atoms with Crippen molar-refractivity contribution in [3.8, 4) is 0 Å². The lowest BCUT2D eigenvalue weighted by atomic mass is 10.1. The van der Waals surface area contributed by atoms with Gasteiger partial charge < -0.3 is 4.90 Å². The molecule has 1 N–H and O–H groups in total. The third-order valence-corrected chi connectivity index (χ3v) is 2.56. The number of rotatable bonds is 1. The summed E-state index contributed by atoms with van der Waals surface area (Å²) in [5.74, 6) is 0.230. The first-order valence-corrected chi connectivity index (χ1v) is 6.34. The molecule has 1 aliphatic rings. The lowest BCUT2D eigenvalue weighted by Gasteiger charge is -2.19. The van der Waals surface area contributed by atoms with Gasteiger partial charge in [0.15, 0.2) is 0 Å². The van der Waals surface area contributed by atoms with Gasteiger partial charge in [0.2, 0.25) is 5.91 Å². The highest BCUT2D eigenvalue weighted by Crippen LogP contribution is 2.30. The Hall–Kier alpha value is -1.25. The summed E-state index contributed by atoms with van der Waals surface area (Å²) in [6.07, 6.45) is 5.16. The Morgan fingerprint density at radius 2 is 2.11 bits per heavy atom. The molecular weight excluding hydrogens is 264 g/mol. The van der Waals surface area contributed by atoms with E-state index in [1.165, 1.54) is 0 Å². The number of hydrogen-bond donors (Lipinski definition) is 1. The fourth-order valence-electron chi connectivity index (χ4n) is 1.77. The van der Waals surface area contributed by atoms with Gasteiger partial charge in [-0.05, 0) is 18.1 Å². The molecule has 100 valence electrons. The number of pyridine rings is 1. The molecule has 1 fully saturated rings. The minimum absolute atomic E-state index is 0.230. The van der Waals surface area contributed by atoms with Crippen molar-refractivity contribution in [2.45, 2.75) is 18.9 Å². The van der Waals surface area contributed by atoms with E-state index in [-0.39, 0.29) is 11.9 Å². The van der Waals surface area contributed by atoms with Crippen molar-refractivity contribution in [3.63, 3.8) is 0 Å².